The third-order valence-electron chi connectivity index (χ3n) is 5.02. The Hall–Kier alpha value is -5.45. The first-order valence-electron chi connectivity index (χ1n) is 11.3. The molecule has 0 saturated heterocycles. The number of hydrogen-bond donors (Lipinski definition) is 6. The van der Waals surface area contributed by atoms with Crippen molar-refractivity contribution < 1.29 is 19.5 Å². The SMILES string of the molecule is C=CC(=O)Nc1cc(O)cc(-c2ccc(NC(=O)N/C(C)=N\C(N)=Nc3ccc(C(=O)NC)cc3)cc2)c1. The zero-order valence-electron chi connectivity index (χ0n) is 20.8. The van der Waals surface area contributed by atoms with Gasteiger partial charge in [-0.05, 0) is 72.7 Å². The Labute approximate surface area is 219 Å². The number of phenols is 1. The van der Waals surface area contributed by atoms with Crippen molar-refractivity contribution in [2.45, 2.75) is 6.92 Å². The number of nitrogens with zero attached hydrogens (tertiary/aromatic N) is 2. The Balaban J connectivity index is 1.61. The number of aliphatic imine (C=N–C) groups is 2. The standard InChI is InChI=1S/C27H27N7O4/c1-4-24(36)32-22-13-19(14-23(35)15-22)17-5-9-21(10-6-17)34-27(38)31-16(2)30-26(28)33-20-11-7-18(8-12-20)25(37)29-3/h4-15,35H,1H2,2-3H3,(H,29,37)(H,32,36)(H4,28,30,31,33,34,38). The van der Waals surface area contributed by atoms with Crippen molar-refractivity contribution in [2.24, 2.45) is 15.7 Å². The van der Waals surface area contributed by atoms with Crippen LogP contribution >= 0.6 is 0 Å². The Kier molecular flexibility index (Phi) is 8.92. The van der Waals surface area contributed by atoms with E-state index in [1.807, 2.05) is 0 Å². The number of rotatable bonds is 6. The first-order valence-corrected chi connectivity index (χ1v) is 11.3. The number of carbonyl (C=O) groups excluding carboxylic acids is 3. The predicted molar refractivity (Wildman–Crippen MR) is 149 cm³/mol. The molecule has 0 fully saturated rings. The summed E-state index contributed by atoms with van der Waals surface area (Å²) in [7, 11) is 1.54. The van der Waals surface area contributed by atoms with Gasteiger partial charge in [0.25, 0.3) is 5.91 Å². The van der Waals surface area contributed by atoms with Gasteiger partial charge >= 0.3 is 6.03 Å². The lowest BCUT2D eigenvalue weighted by atomic mass is 10.0. The Morgan fingerprint density at radius 1 is 0.921 bits per heavy atom. The average molecular weight is 514 g/mol. The highest BCUT2D eigenvalue weighted by molar-refractivity contribution is 6.06. The summed E-state index contributed by atoms with van der Waals surface area (Å²) in [4.78, 5) is 43.7. The fourth-order valence-corrected chi connectivity index (χ4v) is 3.30. The molecule has 0 aliphatic carbocycles. The van der Waals surface area contributed by atoms with Crippen LogP contribution in [0.25, 0.3) is 11.1 Å². The van der Waals surface area contributed by atoms with E-state index < -0.39 is 11.9 Å². The lowest BCUT2D eigenvalue weighted by Gasteiger charge is -2.10. The van der Waals surface area contributed by atoms with Crippen LogP contribution in [-0.2, 0) is 4.79 Å². The molecular weight excluding hydrogens is 486 g/mol. The smallest absolute Gasteiger partial charge is 0.324 e. The maximum atomic E-state index is 12.4. The largest absolute Gasteiger partial charge is 0.508 e. The first kappa shape index (κ1) is 27.1. The lowest BCUT2D eigenvalue weighted by molar-refractivity contribution is -0.111. The van der Waals surface area contributed by atoms with Crippen LogP contribution in [0.2, 0.25) is 0 Å². The minimum Gasteiger partial charge on any atom is -0.508 e. The molecule has 3 aromatic rings. The second-order valence-electron chi connectivity index (χ2n) is 7.91. The Bertz CT molecular complexity index is 1410. The van der Waals surface area contributed by atoms with Gasteiger partial charge in [0.15, 0.2) is 0 Å². The van der Waals surface area contributed by atoms with Crippen LogP contribution in [0, 0.1) is 0 Å². The predicted octanol–water partition coefficient (Wildman–Crippen LogP) is 3.73. The van der Waals surface area contributed by atoms with Gasteiger partial charge < -0.3 is 26.8 Å². The summed E-state index contributed by atoms with van der Waals surface area (Å²) in [6, 6.07) is 17.5. The van der Waals surface area contributed by atoms with Crippen molar-refractivity contribution in [1.29, 1.82) is 0 Å². The van der Waals surface area contributed by atoms with E-state index >= 15 is 0 Å². The maximum Gasteiger partial charge on any atom is 0.324 e. The molecule has 0 aromatic heterocycles. The zero-order valence-corrected chi connectivity index (χ0v) is 20.8. The topological polar surface area (TPSA) is 170 Å². The van der Waals surface area contributed by atoms with Crippen LogP contribution in [0.15, 0.2) is 89.4 Å². The number of guanidine groups is 1. The third kappa shape index (κ3) is 7.78. The molecule has 11 nitrogen and oxygen atoms in total. The molecule has 0 heterocycles. The van der Waals surface area contributed by atoms with Gasteiger partial charge in [0.2, 0.25) is 11.9 Å². The van der Waals surface area contributed by atoms with Gasteiger partial charge in [0, 0.05) is 30.1 Å². The van der Waals surface area contributed by atoms with E-state index in [0.29, 0.717) is 28.2 Å². The van der Waals surface area contributed by atoms with Crippen LogP contribution in [0.5, 0.6) is 5.75 Å². The summed E-state index contributed by atoms with van der Waals surface area (Å²) in [5, 5.41) is 20.4. The monoisotopic (exact) mass is 513 g/mol. The fourth-order valence-electron chi connectivity index (χ4n) is 3.30. The van der Waals surface area contributed by atoms with Gasteiger partial charge in [-0.15, -0.1) is 0 Å². The van der Waals surface area contributed by atoms with Crippen LogP contribution < -0.4 is 27.0 Å². The van der Waals surface area contributed by atoms with Crippen LogP contribution in [0.1, 0.15) is 17.3 Å². The van der Waals surface area contributed by atoms with E-state index in [1.165, 1.54) is 6.07 Å². The molecule has 0 unspecified atom stereocenters. The lowest BCUT2D eigenvalue weighted by Crippen LogP contribution is -2.33. The molecule has 0 saturated carbocycles. The first-order chi connectivity index (χ1) is 18.2. The van der Waals surface area contributed by atoms with E-state index in [1.54, 1.807) is 74.6 Å². The summed E-state index contributed by atoms with van der Waals surface area (Å²) in [6.07, 6.45) is 1.14. The second kappa shape index (κ2) is 12.5. The molecule has 194 valence electrons. The molecule has 0 aliphatic heterocycles. The molecule has 38 heavy (non-hydrogen) atoms. The molecule has 11 heteroatoms. The number of aromatic hydroxyl groups is 1. The molecule has 7 N–H and O–H groups in total. The Morgan fingerprint density at radius 2 is 1.61 bits per heavy atom. The molecule has 4 amide bonds. The summed E-state index contributed by atoms with van der Waals surface area (Å²) >= 11 is 0. The minimum absolute atomic E-state index is 0.0121. The number of hydrogen-bond acceptors (Lipinski definition) is 5. The van der Waals surface area contributed by atoms with Crippen molar-refractivity contribution in [3.63, 3.8) is 0 Å². The summed E-state index contributed by atoms with van der Waals surface area (Å²) in [6.45, 7) is 4.97. The van der Waals surface area contributed by atoms with Gasteiger partial charge in [-0.2, -0.15) is 0 Å². The highest BCUT2D eigenvalue weighted by atomic mass is 16.3. The number of amidine groups is 1. The summed E-state index contributed by atoms with van der Waals surface area (Å²) in [5.41, 5.74) is 9.19. The van der Waals surface area contributed by atoms with Gasteiger partial charge in [-0.3, -0.25) is 14.9 Å². The number of carbonyl (C=O) groups is 3. The second-order valence-corrected chi connectivity index (χ2v) is 7.91. The van der Waals surface area contributed by atoms with E-state index in [0.717, 1.165) is 11.6 Å². The van der Waals surface area contributed by atoms with Crippen molar-refractivity contribution in [3.8, 4) is 16.9 Å². The van der Waals surface area contributed by atoms with E-state index in [-0.39, 0.29) is 23.5 Å². The molecule has 0 radical (unpaired) electrons. The van der Waals surface area contributed by atoms with Crippen LogP contribution in [0.4, 0.5) is 21.9 Å². The van der Waals surface area contributed by atoms with Crippen molar-refractivity contribution in [2.75, 3.05) is 17.7 Å². The molecule has 0 atom stereocenters. The molecule has 3 rings (SSSR count). The molecule has 0 bridgehead atoms. The van der Waals surface area contributed by atoms with Crippen LogP contribution in [-0.4, -0.2) is 41.8 Å². The van der Waals surface area contributed by atoms with Gasteiger partial charge in [-0.25, -0.2) is 14.8 Å². The number of nitrogens with one attached hydrogen (secondary N) is 4. The Morgan fingerprint density at radius 3 is 2.24 bits per heavy atom. The number of amides is 4. The fraction of sp³-hybridized carbons (Fsp3) is 0.0741. The van der Waals surface area contributed by atoms with Gasteiger partial charge in [0.1, 0.15) is 11.6 Å². The van der Waals surface area contributed by atoms with E-state index in [4.69, 9.17) is 5.73 Å². The third-order valence-corrected chi connectivity index (χ3v) is 5.02. The quantitative estimate of drug-likeness (QED) is 0.167. The average Bonchev–Trinajstić information content (AvgIpc) is 2.88. The van der Waals surface area contributed by atoms with E-state index in [9.17, 15) is 19.5 Å². The molecule has 0 aliphatic rings. The molecule has 0 spiro atoms. The normalized spacial score (nSPS) is 11.3. The maximum absolute atomic E-state index is 12.4. The van der Waals surface area contributed by atoms with Crippen molar-refractivity contribution in [3.05, 3.63) is 84.9 Å². The van der Waals surface area contributed by atoms with Crippen molar-refractivity contribution >= 4 is 46.7 Å². The van der Waals surface area contributed by atoms with E-state index in [2.05, 4.69) is 37.8 Å². The summed E-state index contributed by atoms with van der Waals surface area (Å²) < 4.78 is 0. The summed E-state index contributed by atoms with van der Waals surface area (Å²) in [5.74, 6) is -0.474. The minimum atomic E-state index is -0.534. The number of phenolic OH excluding ortho intramolecular Hbond substituents is 1. The highest BCUT2D eigenvalue weighted by Crippen LogP contribution is 2.29. The number of nitrogens with two attached hydrogens (primary N) is 1. The highest BCUT2D eigenvalue weighted by Gasteiger charge is 2.08. The molecular formula is C27H27N7O4. The van der Waals surface area contributed by atoms with Gasteiger partial charge in [0.05, 0.1) is 5.69 Å². The number of anilines is 2. The number of urea groups is 1. The zero-order chi connectivity index (χ0) is 27.7. The van der Waals surface area contributed by atoms with Crippen molar-refractivity contribution in [1.82, 2.24) is 10.6 Å². The number of benzene rings is 3. The van der Waals surface area contributed by atoms with Crippen LogP contribution in [0.3, 0.4) is 0 Å². The van der Waals surface area contributed by atoms with Gasteiger partial charge in [-0.1, -0.05) is 18.7 Å². The molecule has 3 aromatic carbocycles.